The molecule has 0 unspecified atom stereocenters. The van der Waals surface area contributed by atoms with E-state index < -0.39 is 0 Å². The molecule has 3 heterocycles. The maximum Gasteiger partial charge on any atom is 0.257 e. The highest BCUT2D eigenvalue weighted by atomic mass is 32.1. The molecule has 1 N–H and O–H groups in total. The predicted octanol–water partition coefficient (Wildman–Crippen LogP) is 4.35. The van der Waals surface area contributed by atoms with E-state index in [4.69, 9.17) is 0 Å². The smallest absolute Gasteiger partial charge is 0.257 e. The molecule has 0 fully saturated rings. The van der Waals surface area contributed by atoms with Crippen molar-refractivity contribution in [3.05, 3.63) is 70.9 Å². The van der Waals surface area contributed by atoms with Crippen molar-refractivity contribution in [2.24, 2.45) is 0 Å². The molecule has 3 aromatic heterocycles. The van der Waals surface area contributed by atoms with Gasteiger partial charge in [0, 0.05) is 27.9 Å². The number of aromatic nitrogens is 3. The van der Waals surface area contributed by atoms with Crippen LogP contribution in [0.2, 0.25) is 0 Å². The lowest BCUT2D eigenvalue weighted by Gasteiger charge is -2.09. The van der Waals surface area contributed by atoms with Gasteiger partial charge in [-0.05, 0) is 55.1 Å². The Hall–Kier alpha value is -2.99. The van der Waals surface area contributed by atoms with Gasteiger partial charge >= 0.3 is 0 Å². The molecule has 0 spiro atoms. The number of pyridine rings is 1. The first-order valence-electron chi connectivity index (χ1n) is 7.89. The van der Waals surface area contributed by atoms with Gasteiger partial charge in [-0.3, -0.25) is 4.79 Å². The maximum atomic E-state index is 12.8. The molecule has 0 atom stereocenters. The molecule has 0 bridgehead atoms. The molecule has 0 saturated carbocycles. The monoisotopic (exact) mass is 348 g/mol. The predicted molar refractivity (Wildman–Crippen MR) is 101 cm³/mol. The van der Waals surface area contributed by atoms with Gasteiger partial charge in [-0.2, -0.15) is 9.78 Å². The molecule has 1 aromatic carbocycles. The van der Waals surface area contributed by atoms with Crippen LogP contribution in [0.5, 0.6) is 0 Å². The summed E-state index contributed by atoms with van der Waals surface area (Å²) >= 11 is 1.62. The minimum atomic E-state index is -0.155. The first-order valence-corrected chi connectivity index (χ1v) is 8.77. The highest BCUT2D eigenvalue weighted by Crippen LogP contribution is 2.25. The van der Waals surface area contributed by atoms with Crippen molar-refractivity contribution in [1.29, 1.82) is 0 Å². The Morgan fingerprint density at radius 1 is 1.16 bits per heavy atom. The van der Waals surface area contributed by atoms with E-state index in [0.717, 1.165) is 21.3 Å². The van der Waals surface area contributed by atoms with E-state index in [-0.39, 0.29) is 5.91 Å². The zero-order chi connectivity index (χ0) is 17.4. The summed E-state index contributed by atoms with van der Waals surface area (Å²) in [5, 5.41) is 10.4. The van der Waals surface area contributed by atoms with Crippen LogP contribution in [0.3, 0.4) is 0 Å². The van der Waals surface area contributed by atoms with Crippen molar-refractivity contribution in [3.8, 4) is 5.82 Å². The van der Waals surface area contributed by atoms with Crippen LogP contribution in [0.4, 0.5) is 5.82 Å². The molecule has 1 amide bonds. The zero-order valence-electron chi connectivity index (χ0n) is 13.9. The largest absolute Gasteiger partial charge is 0.306 e. The van der Waals surface area contributed by atoms with Crippen LogP contribution in [0.15, 0.2) is 54.0 Å². The standard InChI is InChI=1S/C19H16N4OS/c1-12-6-8-20-17(10-12)23-18(11-13(2)22-23)21-19(24)15-4-3-5-16-14(15)7-9-25-16/h3-11H,1-2H3,(H,21,24). The summed E-state index contributed by atoms with van der Waals surface area (Å²) in [4.78, 5) is 17.2. The lowest BCUT2D eigenvalue weighted by molar-refractivity contribution is 0.102. The molecule has 0 saturated heterocycles. The highest BCUT2D eigenvalue weighted by Gasteiger charge is 2.15. The molecule has 0 aliphatic carbocycles. The Balaban J connectivity index is 1.72. The lowest BCUT2D eigenvalue weighted by Crippen LogP contribution is -2.15. The number of thiophene rings is 1. The third-order valence-electron chi connectivity index (χ3n) is 3.93. The summed E-state index contributed by atoms with van der Waals surface area (Å²) in [5.41, 5.74) is 2.55. The van der Waals surface area contributed by atoms with E-state index in [0.29, 0.717) is 17.2 Å². The minimum Gasteiger partial charge on any atom is -0.306 e. The van der Waals surface area contributed by atoms with Crippen molar-refractivity contribution in [2.45, 2.75) is 13.8 Å². The van der Waals surface area contributed by atoms with Crippen molar-refractivity contribution < 1.29 is 4.79 Å². The number of benzene rings is 1. The van der Waals surface area contributed by atoms with Crippen LogP contribution in [0.1, 0.15) is 21.6 Å². The Morgan fingerprint density at radius 2 is 2.04 bits per heavy atom. The van der Waals surface area contributed by atoms with Gasteiger partial charge in [0.05, 0.1) is 5.69 Å². The van der Waals surface area contributed by atoms with Gasteiger partial charge in [0.25, 0.3) is 5.91 Å². The Kier molecular flexibility index (Phi) is 3.82. The Bertz CT molecular complexity index is 1080. The van der Waals surface area contributed by atoms with Crippen LogP contribution in [0, 0.1) is 13.8 Å². The van der Waals surface area contributed by atoms with Crippen LogP contribution in [-0.2, 0) is 0 Å². The number of nitrogens with one attached hydrogen (secondary N) is 1. The van der Waals surface area contributed by atoms with E-state index in [2.05, 4.69) is 15.4 Å². The third-order valence-corrected chi connectivity index (χ3v) is 4.81. The number of carbonyl (C=O) groups excluding carboxylic acids is 1. The van der Waals surface area contributed by atoms with E-state index in [1.807, 2.05) is 61.7 Å². The van der Waals surface area contributed by atoms with E-state index in [1.54, 1.807) is 22.2 Å². The Labute approximate surface area is 149 Å². The second kappa shape index (κ2) is 6.14. The fourth-order valence-electron chi connectivity index (χ4n) is 2.77. The molecule has 0 radical (unpaired) electrons. The summed E-state index contributed by atoms with van der Waals surface area (Å²) < 4.78 is 2.76. The topological polar surface area (TPSA) is 59.8 Å². The van der Waals surface area contributed by atoms with Crippen LogP contribution in [0.25, 0.3) is 15.9 Å². The number of aryl methyl sites for hydroxylation is 2. The first kappa shape index (κ1) is 15.5. The molecular formula is C19H16N4OS. The molecule has 0 aliphatic rings. The number of amides is 1. The van der Waals surface area contributed by atoms with Crippen molar-refractivity contribution in [2.75, 3.05) is 5.32 Å². The molecule has 4 rings (SSSR count). The molecule has 4 aromatic rings. The SMILES string of the molecule is Cc1ccnc(-n2nc(C)cc2NC(=O)c2cccc3sccc23)c1. The van der Waals surface area contributed by atoms with Crippen LogP contribution < -0.4 is 5.32 Å². The molecule has 6 heteroatoms. The van der Waals surface area contributed by atoms with Gasteiger partial charge < -0.3 is 5.32 Å². The molecule has 0 aliphatic heterocycles. The third kappa shape index (κ3) is 2.92. The van der Waals surface area contributed by atoms with Gasteiger partial charge in [0.15, 0.2) is 5.82 Å². The van der Waals surface area contributed by atoms with Crippen molar-refractivity contribution in [3.63, 3.8) is 0 Å². The quantitative estimate of drug-likeness (QED) is 0.599. The van der Waals surface area contributed by atoms with Crippen LogP contribution >= 0.6 is 11.3 Å². The van der Waals surface area contributed by atoms with Gasteiger partial charge in [-0.1, -0.05) is 6.07 Å². The minimum absolute atomic E-state index is 0.155. The number of rotatable bonds is 3. The number of carbonyl (C=O) groups is 1. The number of fused-ring (bicyclic) bond motifs is 1. The van der Waals surface area contributed by atoms with Crippen molar-refractivity contribution in [1.82, 2.24) is 14.8 Å². The molecule has 124 valence electrons. The maximum absolute atomic E-state index is 12.8. The van der Waals surface area contributed by atoms with E-state index in [9.17, 15) is 4.79 Å². The second-order valence-electron chi connectivity index (χ2n) is 5.87. The average Bonchev–Trinajstić information content (AvgIpc) is 3.20. The number of anilines is 1. The molecule has 25 heavy (non-hydrogen) atoms. The molecule has 5 nitrogen and oxygen atoms in total. The first-order chi connectivity index (χ1) is 12.1. The number of hydrogen-bond acceptors (Lipinski definition) is 4. The second-order valence-corrected chi connectivity index (χ2v) is 6.81. The lowest BCUT2D eigenvalue weighted by atomic mass is 10.1. The summed E-state index contributed by atoms with van der Waals surface area (Å²) in [7, 11) is 0. The number of hydrogen-bond donors (Lipinski definition) is 1. The average molecular weight is 348 g/mol. The van der Waals surface area contributed by atoms with Gasteiger partial charge in [0.1, 0.15) is 5.82 Å². The number of nitrogens with zero attached hydrogens (tertiary/aromatic N) is 3. The summed E-state index contributed by atoms with van der Waals surface area (Å²) in [6.07, 6.45) is 1.74. The summed E-state index contributed by atoms with van der Waals surface area (Å²) in [6.45, 7) is 3.89. The van der Waals surface area contributed by atoms with E-state index >= 15 is 0 Å². The summed E-state index contributed by atoms with van der Waals surface area (Å²) in [5.74, 6) is 1.13. The van der Waals surface area contributed by atoms with E-state index in [1.165, 1.54) is 0 Å². The van der Waals surface area contributed by atoms with Gasteiger partial charge in [0.2, 0.25) is 0 Å². The zero-order valence-corrected chi connectivity index (χ0v) is 14.7. The fraction of sp³-hybridized carbons (Fsp3) is 0.105. The van der Waals surface area contributed by atoms with Crippen molar-refractivity contribution >= 4 is 33.1 Å². The fourth-order valence-corrected chi connectivity index (χ4v) is 3.59. The molecular weight excluding hydrogens is 332 g/mol. The highest BCUT2D eigenvalue weighted by molar-refractivity contribution is 7.17. The van der Waals surface area contributed by atoms with Gasteiger partial charge in [-0.25, -0.2) is 4.98 Å². The summed E-state index contributed by atoms with van der Waals surface area (Å²) in [6, 6.07) is 13.4. The normalized spacial score (nSPS) is 11.0. The Morgan fingerprint density at radius 3 is 2.88 bits per heavy atom. The van der Waals surface area contributed by atoms with Crippen LogP contribution in [-0.4, -0.2) is 20.7 Å². The van der Waals surface area contributed by atoms with Gasteiger partial charge in [-0.15, -0.1) is 11.3 Å².